The Balaban J connectivity index is 1.98. The lowest BCUT2D eigenvalue weighted by Gasteiger charge is -2.19. The number of carbonyl (C=O) groups is 1. The van der Waals surface area contributed by atoms with Crippen molar-refractivity contribution in [2.75, 3.05) is 18.4 Å². The fourth-order valence-electron chi connectivity index (χ4n) is 2.44. The summed E-state index contributed by atoms with van der Waals surface area (Å²) in [6.07, 6.45) is 9.64. The van der Waals surface area contributed by atoms with E-state index in [1.54, 1.807) is 0 Å². The summed E-state index contributed by atoms with van der Waals surface area (Å²) >= 11 is 0. The molecule has 0 aromatic heterocycles. The van der Waals surface area contributed by atoms with Gasteiger partial charge in [-0.2, -0.15) is 0 Å². The minimum Gasteiger partial charge on any atom is -0.370 e. The van der Waals surface area contributed by atoms with Gasteiger partial charge in [-0.3, -0.25) is 4.79 Å². The summed E-state index contributed by atoms with van der Waals surface area (Å²) in [6.45, 7) is 0.170. The number of guanidine groups is 1. The monoisotopic (exact) mass is 284 g/mol. The van der Waals surface area contributed by atoms with Crippen LogP contribution in [0.15, 0.2) is 23.2 Å². The Morgan fingerprint density at radius 1 is 1.38 bits per heavy atom. The summed E-state index contributed by atoms with van der Waals surface area (Å²) in [7, 11) is 0. The third-order valence-electron chi connectivity index (χ3n) is 3.44. The maximum absolute atomic E-state index is 11.4. The molecule has 1 aromatic rings. The number of nitrogens with zero attached hydrogens (tertiary/aromatic N) is 1. The summed E-state index contributed by atoms with van der Waals surface area (Å²) in [5, 5.41) is 5.62. The van der Waals surface area contributed by atoms with Gasteiger partial charge in [-0.15, -0.1) is 6.42 Å². The smallest absolute Gasteiger partial charge is 0.242 e. The molecular weight excluding hydrogens is 264 g/mol. The molecule has 0 fully saturated rings. The van der Waals surface area contributed by atoms with Crippen LogP contribution in [0.25, 0.3) is 0 Å². The van der Waals surface area contributed by atoms with Gasteiger partial charge in [-0.1, -0.05) is 18.1 Å². The van der Waals surface area contributed by atoms with Gasteiger partial charge in [0, 0.05) is 5.69 Å². The Labute approximate surface area is 125 Å². The van der Waals surface area contributed by atoms with E-state index >= 15 is 0 Å². The number of rotatable bonds is 4. The number of amides is 1. The van der Waals surface area contributed by atoms with E-state index in [9.17, 15) is 4.79 Å². The number of benzene rings is 1. The Morgan fingerprint density at radius 2 is 2.19 bits per heavy atom. The standard InChI is InChI=1S/C16H20N4O/c1-2-10-18-15(21)11-19-16(17)20-14-9-5-7-12-6-3-4-8-13(12)14/h1,5,7,9H,3-4,6,8,10-11H2,(H,18,21)(H3,17,19,20). The van der Waals surface area contributed by atoms with Crippen molar-refractivity contribution in [2.24, 2.45) is 10.7 Å². The molecule has 0 radical (unpaired) electrons. The van der Waals surface area contributed by atoms with Gasteiger partial charge in [-0.05, 0) is 42.9 Å². The molecule has 2 rings (SSSR count). The van der Waals surface area contributed by atoms with Gasteiger partial charge in [0.05, 0.1) is 6.54 Å². The molecule has 1 aliphatic rings. The van der Waals surface area contributed by atoms with Crippen molar-refractivity contribution in [3.63, 3.8) is 0 Å². The number of fused-ring (bicyclic) bond motifs is 1. The average Bonchev–Trinajstić information content (AvgIpc) is 2.51. The number of aryl methyl sites for hydroxylation is 1. The van der Waals surface area contributed by atoms with E-state index in [0.717, 1.165) is 18.5 Å². The van der Waals surface area contributed by atoms with Crippen LogP contribution in [0, 0.1) is 12.3 Å². The third kappa shape index (κ3) is 4.25. The normalized spacial score (nSPS) is 14.0. The molecule has 5 nitrogen and oxygen atoms in total. The van der Waals surface area contributed by atoms with Crippen LogP contribution in [0.4, 0.5) is 5.69 Å². The molecule has 0 saturated heterocycles. The molecule has 0 bridgehead atoms. The summed E-state index contributed by atoms with van der Waals surface area (Å²) in [5.74, 6) is 2.33. The Morgan fingerprint density at radius 3 is 3.00 bits per heavy atom. The number of nitrogens with two attached hydrogens (primary N) is 1. The second-order valence-electron chi connectivity index (χ2n) is 4.96. The second kappa shape index (κ2) is 7.34. The van der Waals surface area contributed by atoms with Gasteiger partial charge in [0.1, 0.15) is 6.54 Å². The molecule has 0 saturated carbocycles. The van der Waals surface area contributed by atoms with Gasteiger partial charge in [0.15, 0.2) is 5.96 Å². The molecule has 4 N–H and O–H groups in total. The van der Waals surface area contributed by atoms with Gasteiger partial charge in [0.25, 0.3) is 0 Å². The van der Waals surface area contributed by atoms with Crippen LogP contribution in [-0.2, 0) is 17.6 Å². The van der Waals surface area contributed by atoms with Gasteiger partial charge in [-0.25, -0.2) is 4.99 Å². The molecule has 0 aliphatic heterocycles. The SMILES string of the molecule is C#CCNC(=O)CN=C(N)Nc1cccc2c1CCCC2. The van der Waals surface area contributed by atoms with Crippen LogP contribution in [0.1, 0.15) is 24.0 Å². The quantitative estimate of drug-likeness (QED) is 0.439. The van der Waals surface area contributed by atoms with Crippen LogP contribution < -0.4 is 16.4 Å². The number of nitrogens with one attached hydrogen (secondary N) is 2. The van der Waals surface area contributed by atoms with E-state index in [-0.39, 0.29) is 25.0 Å². The van der Waals surface area contributed by atoms with Crippen molar-refractivity contribution >= 4 is 17.6 Å². The molecular formula is C16H20N4O. The molecule has 0 heterocycles. The summed E-state index contributed by atoms with van der Waals surface area (Å²) in [6, 6.07) is 6.16. The van der Waals surface area contributed by atoms with Gasteiger partial charge < -0.3 is 16.4 Å². The third-order valence-corrected chi connectivity index (χ3v) is 3.44. The van der Waals surface area contributed by atoms with Crippen LogP contribution >= 0.6 is 0 Å². The lowest BCUT2D eigenvalue weighted by atomic mass is 9.90. The van der Waals surface area contributed by atoms with E-state index in [1.807, 2.05) is 12.1 Å². The zero-order valence-electron chi connectivity index (χ0n) is 12.0. The predicted molar refractivity (Wildman–Crippen MR) is 85.0 cm³/mol. The highest BCUT2D eigenvalue weighted by atomic mass is 16.1. The zero-order chi connectivity index (χ0) is 15.1. The van der Waals surface area contributed by atoms with E-state index in [2.05, 4.69) is 27.6 Å². The lowest BCUT2D eigenvalue weighted by Crippen LogP contribution is -2.29. The number of terminal acetylenes is 1. The predicted octanol–water partition coefficient (Wildman–Crippen LogP) is 1.04. The number of carbonyl (C=O) groups excluding carboxylic acids is 1. The van der Waals surface area contributed by atoms with E-state index < -0.39 is 0 Å². The Hall–Kier alpha value is -2.48. The van der Waals surface area contributed by atoms with Crippen molar-refractivity contribution in [3.8, 4) is 12.3 Å². The summed E-state index contributed by atoms with van der Waals surface area (Å²) in [5.41, 5.74) is 9.49. The molecule has 110 valence electrons. The number of hydrogen-bond donors (Lipinski definition) is 3. The fourth-order valence-corrected chi connectivity index (χ4v) is 2.44. The van der Waals surface area contributed by atoms with Crippen LogP contribution in [0.5, 0.6) is 0 Å². The van der Waals surface area contributed by atoms with Crippen LogP contribution in [-0.4, -0.2) is 25.0 Å². The first-order valence-corrected chi connectivity index (χ1v) is 7.08. The van der Waals surface area contributed by atoms with E-state index in [1.165, 1.54) is 24.0 Å². The van der Waals surface area contributed by atoms with Gasteiger partial charge >= 0.3 is 0 Å². The zero-order valence-corrected chi connectivity index (χ0v) is 12.0. The molecule has 1 aromatic carbocycles. The number of hydrogen-bond acceptors (Lipinski definition) is 2. The molecule has 0 spiro atoms. The largest absolute Gasteiger partial charge is 0.370 e. The molecule has 1 aliphatic carbocycles. The Kier molecular flexibility index (Phi) is 5.22. The second-order valence-corrected chi connectivity index (χ2v) is 4.96. The first-order chi connectivity index (χ1) is 10.2. The highest BCUT2D eigenvalue weighted by molar-refractivity contribution is 5.94. The summed E-state index contributed by atoms with van der Waals surface area (Å²) < 4.78 is 0. The van der Waals surface area contributed by atoms with E-state index in [4.69, 9.17) is 12.2 Å². The highest BCUT2D eigenvalue weighted by Crippen LogP contribution is 2.27. The van der Waals surface area contributed by atoms with Crippen molar-refractivity contribution in [2.45, 2.75) is 25.7 Å². The van der Waals surface area contributed by atoms with Crippen LogP contribution in [0.2, 0.25) is 0 Å². The van der Waals surface area contributed by atoms with Crippen LogP contribution in [0.3, 0.4) is 0 Å². The van der Waals surface area contributed by atoms with E-state index in [0.29, 0.717) is 0 Å². The summed E-state index contributed by atoms with van der Waals surface area (Å²) in [4.78, 5) is 15.4. The topological polar surface area (TPSA) is 79.5 Å². The highest BCUT2D eigenvalue weighted by Gasteiger charge is 2.13. The maximum Gasteiger partial charge on any atom is 0.242 e. The first-order valence-electron chi connectivity index (χ1n) is 7.08. The number of anilines is 1. The van der Waals surface area contributed by atoms with Crippen molar-refractivity contribution in [1.29, 1.82) is 0 Å². The fraction of sp³-hybridized carbons (Fsp3) is 0.375. The molecule has 1 amide bonds. The lowest BCUT2D eigenvalue weighted by molar-refractivity contribution is -0.119. The Bertz CT molecular complexity index is 586. The van der Waals surface area contributed by atoms with Crippen molar-refractivity contribution in [3.05, 3.63) is 29.3 Å². The minimum absolute atomic E-state index is 0.0322. The molecule has 0 unspecified atom stereocenters. The molecule has 5 heteroatoms. The maximum atomic E-state index is 11.4. The molecule has 21 heavy (non-hydrogen) atoms. The van der Waals surface area contributed by atoms with Gasteiger partial charge in [0.2, 0.25) is 5.91 Å². The van der Waals surface area contributed by atoms with Crippen molar-refractivity contribution < 1.29 is 4.79 Å². The molecule has 0 atom stereocenters. The van der Waals surface area contributed by atoms with Crippen molar-refractivity contribution in [1.82, 2.24) is 5.32 Å². The number of aliphatic imine (C=N–C) groups is 1. The average molecular weight is 284 g/mol. The minimum atomic E-state index is -0.243. The first kappa shape index (κ1) is 14.9.